The highest BCUT2D eigenvalue weighted by Crippen LogP contribution is 2.24. The van der Waals surface area contributed by atoms with Crippen molar-refractivity contribution in [3.8, 4) is 6.07 Å². The van der Waals surface area contributed by atoms with E-state index >= 15 is 0 Å². The topological polar surface area (TPSA) is 92.3 Å². The molecule has 136 valence electrons. The zero-order valence-corrected chi connectivity index (χ0v) is 15.0. The summed E-state index contributed by atoms with van der Waals surface area (Å²) in [6, 6.07) is 9.84. The van der Waals surface area contributed by atoms with Crippen LogP contribution in [-0.2, 0) is 18.8 Å². The second kappa shape index (κ2) is 7.06. The van der Waals surface area contributed by atoms with Gasteiger partial charge in [-0.2, -0.15) is 5.26 Å². The van der Waals surface area contributed by atoms with Crippen molar-refractivity contribution in [2.75, 3.05) is 30.0 Å². The Labute approximate surface area is 150 Å². The van der Waals surface area contributed by atoms with E-state index in [2.05, 4.69) is 17.1 Å². The van der Waals surface area contributed by atoms with Crippen LogP contribution in [0, 0.1) is 11.3 Å². The van der Waals surface area contributed by atoms with Gasteiger partial charge in [0.2, 0.25) is 0 Å². The molecular weight excluding hydrogens is 334 g/mol. The first-order valence-electron chi connectivity index (χ1n) is 8.35. The van der Waals surface area contributed by atoms with Gasteiger partial charge < -0.3 is 15.0 Å². The van der Waals surface area contributed by atoms with E-state index in [0.29, 0.717) is 24.9 Å². The summed E-state index contributed by atoms with van der Waals surface area (Å²) in [4.78, 5) is 26.5. The fourth-order valence-corrected chi connectivity index (χ4v) is 3.08. The van der Waals surface area contributed by atoms with E-state index < -0.39 is 11.2 Å². The molecule has 8 heteroatoms. The first-order chi connectivity index (χ1) is 12.4. The molecule has 0 spiro atoms. The van der Waals surface area contributed by atoms with Crippen LogP contribution >= 0.6 is 0 Å². The van der Waals surface area contributed by atoms with Crippen molar-refractivity contribution >= 4 is 17.2 Å². The highest BCUT2D eigenvalue weighted by molar-refractivity contribution is 5.65. The van der Waals surface area contributed by atoms with Crippen LogP contribution in [0.25, 0.3) is 0 Å². The lowest BCUT2D eigenvalue weighted by Gasteiger charge is -2.35. The Balaban J connectivity index is 1.92. The van der Waals surface area contributed by atoms with Crippen LogP contribution in [0.3, 0.4) is 0 Å². The van der Waals surface area contributed by atoms with Gasteiger partial charge in [0.15, 0.2) is 5.56 Å². The molecule has 1 unspecified atom stereocenters. The lowest BCUT2D eigenvalue weighted by atomic mass is 10.2. The number of benzene rings is 1. The van der Waals surface area contributed by atoms with E-state index in [4.69, 9.17) is 4.74 Å². The van der Waals surface area contributed by atoms with Crippen molar-refractivity contribution < 1.29 is 4.74 Å². The van der Waals surface area contributed by atoms with E-state index in [1.807, 2.05) is 30.3 Å². The maximum Gasteiger partial charge on any atom is 0.332 e. The molecule has 0 bridgehead atoms. The van der Waals surface area contributed by atoms with Gasteiger partial charge in [-0.05, 0) is 31.2 Å². The number of anilines is 3. The first-order valence-corrected chi connectivity index (χ1v) is 8.35. The minimum atomic E-state index is -0.614. The average Bonchev–Trinajstić information content (AvgIpc) is 2.66. The predicted molar refractivity (Wildman–Crippen MR) is 99.0 cm³/mol. The van der Waals surface area contributed by atoms with Gasteiger partial charge in [0, 0.05) is 38.1 Å². The SMILES string of the molecule is CC1COCCN1c1ccc(Nc2c(C#N)c(=O)n(C)c(=O)n2C)cc1. The number of hydrogen-bond donors (Lipinski definition) is 1. The van der Waals surface area contributed by atoms with Gasteiger partial charge in [-0.15, -0.1) is 0 Å². The summed E-state index contributed by atoms with van der Waals surface area (Å²) in [5.74, 6) is 0.188. The Kier molecular flexibility index (Phi) is 4.82. The lowest BCUT2D eigenvalue weighted by molar-refractivity contribution is 0.0989. The van der Waals surface area contributed by atoms with Gasteiger partial charge in [-0.25, -0.2) is 4.79 Å². The standard InChI is InChI=1S/C18H21N5O3/c1-12-11-26-9-8-23(12)14-6-4-13(5-7-14)20-16-15(10-19)17(24)22(3)18(25)21(16)2/h4-7,12,20H,8-9,11H2,1-3H3. The molecule has 1 saturated heterocycles. The summed E-state index contributed by atoms with van der Waals surface area (Å²) in [7, 11) is 2.88. The first kappa shape index (κ1) is 17.8. The third kappa shape index (κ3) is 3.09. The Hall–Kier alpha value is -3.05. The molecule has 0 radical (unpaired) electrons. The third-order valence-corrected chi connectivity index (χ3v) is 4.61. The van der Waals surface area contributed by atoms with Gasteiger partial charge in [0.1, 0.15) is 11.9 Å². The van der Waals surface area contributed by atoms with Crippen LogP contribution in [0.15, 0.2) is 33.9 Å². The number of nitrogens with one attached hydrogen (secondary N) is 1. The summed E-state index contributed by atoms with van der Waals surface area (Å²) in [5.41, 5.74) is 0.562. The van der Waals surface area contributed by atoms with Gasteiger partial charge in [0.05, 0.1) is 13.2 Å². The smallest absolute Gasteiger partial charge is 0.332 e. The highest BCUT2D eigenvalue weighted by Gasteiger charge is 2.19. The molecule has 2 aromatic rings. The number of morpholine rings is 1. The molecule has 0 amide bonds. The van der Waals surface area contributed by atoms with E-state index in [-0.39, 0.29) is 11.4 Å². The quantitative estimate of drug-likeness (QED) is 0.880. The van der Waals surface area contributed by atoms with Crippen molar-refractivity contribution in [2.45, 2.75) is 13.0 Å². The number of hydrogen-bond acceptors (Lipinski definition) is 6. The summed E-state index contributed by atoms with van der Waals surface area (Å²) >= 11 is 0. The summed E-state index contributed by atoms with van der Waals surface area (Å²) in [5, 5.41) is 12.3. The molecule has 1 N–H and O–H groups in total. The number of rotatable bonds is 3. The molecule has 3 rings (SSSR count). The third-order valence-electron chi connectivity index (χ3n) is 4.61. The van der Waals surface area contributed by atoms with E-state index in [0.717, 1.165) is 16.8 Å². The maximum atomic E-state index is 12.1. The minimum absolute atomic E-state index is 0.0968. The molecule has 2 heterocycles. The lowest BCUT2D eigenvalue weighted by Crippen LogP contribution is -2.43. The van der Waals surface area contributed by atoms with Gasteiger partial charge in [-0.3, -0.25) is 13.9 Å². The van der Waals surface area contributed by atoms with Crippen LogP contribution in [-0.4, -0.2) is 34.9 Å². The summed E-state index contributed by atoms with van der Waals surface area (Å²) in [6.07, 6.45) is 0. The van der Waals surface area contributed by atoms with Crippen molar-refractivity contribution in [1.82, 2.24) is 9.13 Å². The fraction of sp³-hybridized carbons (Fsp3) is 0.389. The van der Waals surface area contributed by atoms with Crippen LogP contribution in [0.1, 0.15) is 12.5 Å². The van der Waals surface area contributed by atoms with Crippen LogP contribution < -0.4 is 21.5 Å². The maximum absolute atomic E-state index is 12.1. The molecule has 8 nitrogen and oxygen atoms in total. The minimum Gasteiger partial charge on any atom is -0.377 e. The average molecular weight is 355 g/mol. The van der Waals surface area contributed by atoms with Gasteiger partial charge in [-0.1, -0.05) is 0 Å². The highest BCUT2D eigenvalue weighted by atomic mass is 16.5. The Morgan fingerprint density at radius 1 is 1.19 bits per heavy atom. The van der Waals surface area contributed by atoms with Crippen LogP contribution in [0.5, 0.6) is 0 Å². The molecule has 1 aliphatic heterocycles. The Bertz CT molecular complexity index is 969. The molecule has 0 saturated carbocycles. The second-order valence-electron chi connectivity index (χ2n) is 6.33. The molecule has 0 aliphatic carbocycles. The van der Waals surface area contributed by atoms with Crippen molar-refractivity contribution in [2.24, 2.45) is 14.1 Å². The number of ether oxygens (including phenoxy) is 1. The van der Waals surface area contributed by atoms with Crippen LogP contribution in [0.2, 0.25) is 0 Å². The van der Waals surface area contributed by atoms with E-state index in [1.165, 1.54) is 18.7 Å². The van der Waals surface area contributed by atoms with Gasteiger partial charge in [0.25, 0.3) is 5.56 Å². The molecule has 1 aromatic heterocycles. The van der Waals surface area contributed by atoms with Crippen LogP contribution in [0.4, 0.5) is 17.2 Å². The molecule has 1 atom stereocenters. The number of aromatic nitrogens is 2. The molecular formula is C18H21N5O3. The Morgan fingerprint density at radius 3 is 2.50 bits per heavy atom. The van der Waals surface area contributed by atoms with E-state index in [9.17, 15) is 14.9 Å². The zero-order valence-electron chi connectivity index (χ0n) is 15.0. The van der Waals surface area contributed by atoms with E-state index in [1.54, 1.807) is 0 Å². The molecule has 1 aromatic carbocycles. The number of nitriles is 1. The second-order valence-corrected chi connectivity index (χ2v) is 6.33. The Morgan fingerprint density at radius 2 is 1.88 bits per heavy atom. The van der Waals surface area contributed by atoms with Crippen molar-refractivity contribution in [3.05, 3.63) is 50.7 Å². The summed E-state index contributed by atoms with van der Waals surface area (Å²) in [6.45, 7) is 4.34. The normalized spacial score (nSPS) is 17.0. The molecule has 26 heavy (non-hydrogen) atoms. The zero-order chi connectivity index (χ0) is 18.8. The van der Waals surface area contributed by atoms with Crippen molar-refractivity contribution in [1.29, 1.82) is 5.26 Å². The van der Waals surface area contributed by atoms with Crippen molar-refractivity contribution in [3.63, 3.8) is 0 Å². The monoisotopic (exact) mass is 355 g/mol. The molecule has 1 aliphatic rings. The largest absolute Gasteiger partial charge is 0.377 e. The number of nitrogens with zero attached hydrogens (tertiary/aromatic N) is 4. The molecule has 1 fully saturated rings. The fourth-order valence-electron chi connectivity index (χ4n) is 3.08. The summed E-state index contributed by atoms with van der Waals surface area (Å²) < 4.78 is 7.64. The van der Waals surface area contributed by atoms with Gasteiger partial charge >= 0.3 is 5.69 Å². The predicted octanol–water partition coefficient (Wildman–Crippen LogP) is 0.924.